The SMILES string of the molecule is CC1(C(=O)NCCn2ccnn2)COCC1N. The van der Waals surface area contributed by atoms with Crippen molar-refractivity contribution < 1.29 is 9.53 Å². The van der Waals surface area contributed by atoms with Gasteiger partial charge in [-0.15, -0.1) is 5.10 Å². The fourth-order valence-electron chi connectivity index (χ4n) is 1.76. The lowest BCUT2D eigenvalue weighted by Gasteiger charge is -2.25. The van der Waals surface area contributed by atoms with Crippen LogP contribution in [0.3, 0.4) is 0 Å². The summed E-state index contributed by atoms with van der Waals surface area (Å²) in [6.07, 6.45) is 3.35. The molecule has 7 heteroatoms. The Balaban J connectivity index is 1.81. The highest BCUT2D eigenvalue weighted by atomic mass is 16.5. The van der Waals surface area contributed by atoms with Crippen LogP contribution in [0.25, 0.3) is 0 Å². The van der Waals surface area contributed by atoms with Crippen molar-refractivity contribution in [1.29, 1.82) is 0 Å². The molecule has 2 atom stereocenters. The van der Waals surface area contributed by atoms with Gasteiger partial charge in [0.15, 0.2) is 0 Å². The summed E-state index contributed by atoms with van der Waals surface area (Å²) >= 11 is 0. The summed E-state index contributed by atoms with van der Waals surface area (Å²) in [6.45, 7) is 3.74. The zero-order chi connectivity index (χ0) is 12.3. The van der Waals surface area contributed by atoms with Gasteiger partial charge in [0, 0.05) is 18.8 Å². The summed E-state index contributed by atoms with van der Waals surface area (Å²) < 4.78 is 6.89. The number of hydrogen-bond acceptors (Lipinski definition) is 5. The summed E-state index contributed by atoms with van der Waals surface area (Å²) in [5, 5.41) is 10.3. The third-order valence-electron chi connectivity index (χ3n) is 3.13. The van der Waals surface area contributed by atoms with Crippen molar-refractivity contribution >= 4 is 5.91 Å². The lowest BCUT2D eigenvalue weighted by atomic mass is 9.85. The average molecular weight is 239 g/mol. The first kappa shape index (κ1) is 12.0. The predicted molar refractivity (Wildman–Crippen MR) is 59.9 cm³/mol. The molecule has 94 valence electrons. The fraction of sp³-hybridized carbons (Fsp3) is 0.700. The normalized spacial score (nSPS) is 28.2. The molecule has 2 heterocycles. The topological polar surface area (TPSA) is 95.1 Å². The third-order valence-corrected chi connectivity index (χ3v) is 3.13. The largest absolute Gasteiger partial charge is 0.379 e. The second kappa shape index (κ2) is 4.80. The summed E-state index contributed by atoms with van der Waals surface area (Å²) in [7, 11) is 0. The lowest BCUT2D eigenvalue weighted by molar-refractivity contribution is -0.130. The standard InChI is InChI=1S/C10H17N5O2/c1-10(7-17-6-8(10)11)9(16)12-2-4-15-5-3-13-14-15/h3,5,8H,2,4,6-7,11H2,1H3,(H,12,16). The van der Waals surface area contributed by atoms with Gasteiger partial charge in [-0.1, -0.05) is 5.21 Å². The molecule has 0 radical (unpaired) electrons. The molecule has 1 saturated heterocycles. The number of ether oxygens (including phenoxy) is 1. The fourth-order valence-corrected chi connectivity index (χ4v) is 1.76. The molecule has 0 aromatic carbocycles. The van der Waals surface area contributed by atoms with Gasteiger partial charge in [-0.05, 0) is 6.92 Å². The maximum Gasteiger partial charge on any atom is 0.230 e. The van der Waals surface area contributed by atoms with Crippen LogP contribution in [0.5, 0.6) is 0 Å². The van der Waals surface area contributed by atoms with Crippen LogP contribution in [-0.4, -0.2) is 46.7 Å². The predicted octanol–water partition coefficient (Wildman–Crippen LogP) is -1.24. The van der Waals surface area contributed by atoms with Crippen LogP contribution in [0.2, 0.25) is 0 Å². The third kappa shape index (κ3) is 2.45. The van der Waals surface area contributed by atoms with E-state index in [9.17, 15) is 4.79 Å². The van der Waals surface area contributed by atoms with Gasteiger partial charge in [-0.2, -0.15) is 0 Å². The highest BCUT2D eigenvalue weighted by molar-refractivity contribution is 5.83. The van der Waals surface area contributed by atoms with Crippen molar-refractivity contribution in [2.24, 2.45) is 11.1 Å². The Morgan fingerprint density at radius 2 is 2.59 bits per heavy atom. The van der Waals surface area contributed by atoms with Crippen LogP contribution in [0, 0.1) is 5.41 Å². The minimum atomic E-state index is -0.623. The van der Waals surface area contributed by atoms with Crippen LogP contribution in [0.15, 0.2) is 12.4 Å². The Hall–Kier alpha value is -1.47. The van der Waals surface area contributed by atoms with Gasteiger partial charge in [-0.25, -0.2) is 0 Å². The van der Waals surface area contributed by atoms with Crippen molar-refractivity contribution in [3.8, 4) is 0 Å². The van der Waals surface area contributed by atoms with Gasteiger partial charge >= 0.3 is 0 Å². The van der Waals surface area contributed by atoms with Gasteiger partial charge in [0.1, 0.15) is 0 Å². The van der Waals surface area contributed by atoms with Crippen LogP contribution < -0.4 is 11.1 Å². The molecule has 0 aliphatic carbocycles. The first-order chi connectivity index (χ1) is 8.13. The van der Waals surface area contributed by atoms with Crippen LogP contribution in [0.1, 0.15) is 6.92 Å². The highest BCUT2D eigenvalue weighted by Crippen LogP contribution is 2.26. The van der Waals surface area contributed by atoms with Gasteiger partial charge in [0.2, 0.25) is 5.91 Å². The number of hydrogen-bond donors (Lipinski definition) is 2. The van der Waals surface area contributed by atoms with Gasteiger partial charge in [-0.3, -0.25) is 9.48 Å². The number of nitrogens with zero attached hydrogens (tertiary/aromatic N) is 3. The molecule has 3 N–H and O–H groups in total. The molecule has 1 aromatic heterocycles. The second-order valence-electron chi connectivity index (χ2n) is 4.46. The van der Waals surface area contributed by atoms with E-state index >= 15 is 0 Å². The Morgan fingerprint density at radius 3 is 3.18 bits per heavy atom. The van der Waals surface area contributed by atoms with E-state index in [2.05, 4.69) is 15.6 Å². The summed E-state index contributed by atoms with van der Waals surface area (Å²) in [5.74, 6) is -0.0670. The molecule has 17 heavy (non-hydrogen) atoms. The molecule has 2 rings (SSSR count). The quantitative estimate of drug-likeness (QED) is 0.685. The maximum absolute atomic E-state index is 12.0. The molecule has 2 unspecified atom stereocenters. The zero-order valence-electron chi connectivity index (χ0n) is 9.80. The van der Waals surface area contributed by atoms with E-state index in [0.29, 0.717) is 26.3 Å². The van der Waals surface area contributed by atoms with Crippen molar-refractivity contribution in [1.82, 2.24) is 20.3 Å². The van der Waals surface area contributed by atoms with E-state index in [1.54, 1.807) is 17.1 Å². The Labute approximate surface area is 99.3 Å². The Bertz CT molecular complexity index is 380. The summed E-state index contributed by atoms with van der Waals surface area (Å²) in [6, 6.07) is -0.242. The first-order valence-corrected chi connectivity index (χ1v) is 5.58. The molecular weight excluding hydrogens is 222 g/mol. The molecular formula is C10H17N5O2. The van der Waals surface area contributed by atoms with E-state index in [-0.39, 0.29) is 11.9 Å². The van der Waals surface area contributed by atoms with E-state index in [0.717, 1.165) is 0 Å². The molecule has 1 aliphatic heterocycles. The Morgan fingerprint density at radius 1 is 1.76 bits per heavy atom. The number of aromatic nitrogens is 3. The lowest BCUT2D eigenvalue weighted by Crippen LogP contribution is -2.50. The van der Waals surface area contributed by atoms with E-state index in [1.807, 2.05) is 6.92 Å². The molecule has 1 amide bonds. The summed E-state index contributed by atoms with van der Waals surface area (Å²) in [5.41, 5.74) is 5.24. The van der Waals surface area contributed by atoms with Crippen LogP contribution >= 0.6 is 0 Å². The minimum absolute atomic E-state index is 0.0670. The summed E-state index contributed by atoms with van der Waals surface area (Å²) in [4.78, 5) is 12.0. The minimum Gasteiger partial charge on any atom is -0.379 e. The van der Waals surface area contributed by atoms with E-state index < -0.39 is 5.41 Å². The molecule has 1 aromatic rings. The van der Waals surface area contributed by atoms with Gasteiger partial charge in [0.25, 0.3) is 0 Å². The van der Waals surface area contributed by atoms with Crippen molar-refractivity contribution in [2.75, 3.05) is 19.8 Å². The zero-order valence-corrected chi connectivity index (χ0v) is 9.80. The van der Waals surface area contributed by atoms with Crippen molar-refractivity contribution in [2.45, 2.75) is 19.5 Å². The van der Waals surface area contributed by atoms with Crippen molar-refractivity contribution in [3.63, 3.8) is 0 Å². The second-order valence-corrected chi connectivity index (χ2v) is 4.46. The Kier molecular flexibility index (Phi) is 3.39. The number of nitrogens with one attached hydrogen (secondary N) is 1. The number of carbonyl (C=O) groups excluding carboxylic acids is 1. The van der Waals surface area contributed by atoms with E-state index in [1.165, 1.54) is 0 Å². The number of amides is 1. The molecule has 7 nitrogen and oxygen atoms in total. The number of nitrogens with two attached hydrogens (primary N) is 1. The molecule has 0 bridgehead atoms. The number of rotatable bonds is 4. The maximum atomic E-state index is 12.0. The molecule has 0 saturated carbocycles. The van der Waals surface area contributed by atoms with Gasteiger partial charge < -0.3 is 15.8 Å². The highest BCUT2D eigenvalue weighted by Gasteiger charge is 2.44. The van der Waals surface area contributed by atoms with E-state index in [4.69, 9.17) is 10.5 Å². The van der Waals surface area contributed by atoms with Crippen LogP contribution in [-0.2, 0) is 16.1 Å². The van der Waals surface area contributed by atoms with Crippen molar-refractivity contribution in [3.05, 3.63) is 12.4 Å². The smallest absolute Gasteiger partial charge is 0.230 e. The van der Waals surface area contributed by atoms with Crippen LogP contribution in [0.4, 0.5) is 0 Å². The molecule has 1 aliphatic rings. The number of carbonyl (C=O) groups is 1. The molecule has 0 spiro atoms. The average Bonchev–Trinajstić information content (AvgIpc) is 2.91. The monoisotopic (exact) mass is 239 g/mol. The van der Waals surface area contributed by atoms with Gasteiger partial charge in [0.05, 0.1) is 31.4 Å². The molecule has 1 fully saturated rings. The first-order valence-electron chi connectivity index (χ1n) is 5.58.